The first-order valence-corrected chi connectivity index (χ1v) is 10.7. The Balaban J connectivity index is 1.55. The fraction of sp³-hybridized carbons (Fsp3) is 0.400. The third-order valence-electron chi connectivity index (χ3n) is 5.04. The van der Waals surface area contributed by atoms with E-state index in [1.54, 1.807) is 16.0 Å². The van der Waals surface area contributed by atoms with E-state index in [1.807, 2.05) is 44.4 Å². The number of amides is 2. The van der Waals surface area contributed by atoms with E-state index in [-0.39, 0.29) is 24.3 Å². The van der Waals surface area contributed by atoms with Crippen molar-refractivity contribution in [2.24, 2.45) is 0 Å². The van der Waals surface area contributed by atoms with Crippen molar-refractivity contribution in [1.82, 2.24) is 25.6 Å². The standard InChI is InChI=1S/C20H24N6O3S/c1-11-9-19(28)23-20(21-11)26-17(10-15(24-26)16-5-4-8-30-16)22-18(27)7-6-14-12(2)25-29-13(14)3/h4-5,8,10-11,20-21H,6-7,9H2,1-3H3,(H,22,27)(H,23,28). The average molecular weight is 429 g/mol. The van der Waals surface area contributed by atoms with E-state index in [0.29, 0.717) is 18.7 Å². The van der Waals surface area contributed by atoms with Crippen molar-refractivity contribution in [3.05, 3.63) is 40.6 Å². The lowest BCUT2D eigenvalue weighted by Crippen LogP contribution is -2.52. The van der Waals surface area contributed by atoms with Crippen LogP contribution in [0.1, 0.15) is 43.1 Å². The van der Waals surface area contributed by atoms with E-state index in [9.17, 15) is 9.59 Å². The molecule has 3 aromatic heterocycles. The van der Waals surface area contributed by atoms with E-state index < -0.39 is 6.29 Å². The van der Waals surface area contributed by atoms with E-state index in [4.69, 9.17) is 4.52 Å². The van der Waals surface area contributed by atoms with E-state index in [2.05, 4.69) is 26.2 Å². The number of rotatable bonds is 6. The number of hydrogen-bond acceptors (Lipinski definition) is 7. The van der Waals surface area contributed by atoms with Crippen LogP contribution in [-0.2, 0) is 16.0 Å². The summed E-state index contributed by atoms with van der Waals surface area (Å²) in [4.78, 5) is 25.7. The second-order valence-electron chi connectivity index (χ2n) is 7.43. The summed E-state index contributed by atoms with van der Waals surface area (Å²) in [6, 6.07) is 5.74. The summed E-state index contributed by atoms with van der Waals surface area (Å²) >= 11 is 1.56. The maximum atomic E-state index is 12.7. The van der Waals surface area contributed by atoms with Crippen molar-refractivity contribution in [3.63, 3.8) is 0 Å². The van der Waals surface area contributed by atoms with Gasteiger partial charge in [0.15, 0.2) is 6.29 Å². The number of nitrogens with zero attached hydrogens (tertiary/aromatic N) is 3. The van der Waals surface area contributed by atoms with Gasteiger partial charge in [0, 0.05) is 30.5 Å². The predicted octanol–water partition coefficient (Wildman–Crippen LogP) is 2.74. The molecule has 0 radical (unpaired) electrons. The highest BCUT2D eigenvalue weighted by molar-refractivity contribution is 7.13. The third-order valence-corrected chi connectivity index (χ3v) is 5.93. The van der Waals surface area contributed by atoms with Crippen molar-refractivity contribution in [1.29, 1.82) is 0 Å². The first-order chi connectivity index (χ1) is 14.4. The quantitative estimate of drug-likeness (QED) is 0.556. The summed E-state index contributed by atoms with van der Waals surface area (Å²) in [6.07, 6.45) is 0.680. The maximum absolute atomic E-state index is 12.7. The molecule has 0 aliphatic carbocycles. The van der Waals surface area contributed by atoms with Crippen molar-refractivity contribution in [3.8, 4) is 10.6 Å². The molecule has 10 heteroatoms. The van der Waals surface area contributed by atoms with Crippen molar-refractivity contribution < 1.29 is 14.1 Å². The zero-order valence-corrected chi connectivity index (χ0v) is 17.9. The Morgan fingerprint density at radius 3 is 2.93 bits per heavy atom. The fourth-order valence-electron chi connectivity index (χ4n) is 3.52. The molecular weight excluding hydrogens is 404 g/mol. The van der Waals surface area contributed by atoms with Crippen LogP contribution < -0.4 is 16.0 Å². The minimum absolute atomic E-state index is 0.00114. The molecule has 0 spiro atoms. The largest absolute Gasteiger partial charge is 0.361 e. The van der Waals surface area contributed by atoms with Crippen LogP contribution in [0, 0.1) is 13.8 Å². The smallest absolute Gasteiger partial charge is 0.225 e. The van der Waals surface area contributed by atoms with Gasteiger partial charge >= 0.3 is 0 Å². The number of nitrogens with one attached hydrogen (secondary N) is 3. The highest BCUT2D eigenvalue weighted by Crippen LogP contribution is 2.28. The molecule has 0 saturated carbocycles. The second kappa shape index (κ2) is 8.41. The lowest BCUT2D eigenvalue weighted by Gasteiger charge is -2.30. The Labute approximate surface area is 177 Å². The molecule has 4 rings (SSSR count). The number of aromatic nitrogens is 3. The number of thiophene rings is 1. The molecule has 3 aromatic rings. The fourth-order valence-corrected chi connectivity index (χ4v) is 4.20. The molecule has 1 saturated heterocycles. The highest BCUT2D eigenvalue weighted by Gasteiger charge is 2.27. The number of carbonyl (C=O) groups is 2. The lowest BCUT2D eigenvalue weighted by atomic mass is 10.1. The van der Waals surface area contributed by atoms with Crippen LogP contribution in [-0.4, -0.2) is 32.8 Å². The number of hydrogen-bond donors (Lipinski definition) is 3. The summed E-state index contributed by atoms with van der Waals surface area (Å²) < 4.78 is 6.79. The molecule has 1 fully saturated rings. The highest BCUT2D eigenvalue weighted by atomic mass is 32.1. The molecule has 3 N–H and O–H groups in total. The van der Waals surface area contributed by atoms with Crippen molar-refractivity contribution in [2.75, 3.05) is 5.32 Å². The predicted molar refractivity (Wildman–Crippen MR) is 113 cm³/mol. The molecule has 4 heterocycles. The zero-order valence-electron chi connectivity index (χ0n) is 17.1. The van der Waals surface area contributed by atoms with E-state index in [0.717, 1.165) is 27.6 Å². The van der Waals surface area contributed by atoms with E-state index >= 15 is 0 Å². The van der Waals surface area contributed by atoms with Gasteiger partial charge in [-0.1, -0.05) is 11.2 Å². The first-order valence-electron chi connectivity index (χ1n) is 9.81. The monoisotopic (exact) mass is 428 g/mol. The minimum atomic E-state index is -0.534. The number of carbonyl (C=O) groups excluding carboxylic acids is 2. The van der Waals surface area contributed by atoms with Gasteiger partial charge in [-0.05, 0) is 38.6 Å². The SMILES string of the molecule is Cc1noc(C)c1CCC(=O)Nc1cc(-c2cccs2)nn1C1NC(=O)CC(C)N1. The molecule has 158 valence electrons. The molecule has 2 atom stereocenters. The van der Waals surface area contributed by atoms with Crippen molar-refractivity contribution >= 4 is 29.0 Å². The Kier molecular flexibility index (Phi) is 5.69. The summed E-state index contributed by atoms with van der Waals surface area (Å²) in [7, 11) is 0. The maximum Gasteiger partial charge on any atom is 0.225 e. The molecule has 30 heavy (non-hydrogen) atoms. The molecule has 2 amide bonds. The number of aryl methyl sites for hydroxylation is 2. The summed E-state index contributed by atoms with van der Waals surface area (Å²) in [5.74, 6) is 1.04. The molecule has 0 aromatic carbocycles. The molecular formula is C20H24N6O3S. The number of anilines is 1. The molecule has 1 aliphatic heterocycles. The van der Waals surface area contributed by atoms with Crippen LogP contribution in [0.5, 0.6) is 0 Å². The topological polar surface area (TPSA) is 114 Å². The van der Waals surface area contributed by atoms with Crippen LogP contribution in [0.2, 0.25) is 0 Å². The van der Waals surface area contributed by atoms with Crippen LogP contribution in [0.15, 0.2) is 28.1 Å². The van der Waals surface area contributed by atoms with Gasteiger partial charge in [-0.15, -0.1) is 11.3 Å². The van der Waals surface area contributed by atoms with Gasteiger partial charge in [-0.3, -0.25) is 14.9 Å². The summed E-state index contributed by atoms with van der Waals surface area (Å²) in [5.41, 5.74) is 2.49. The molecule has 9 nitrogen and oxygen atoms in total. The summed E-state index contributed by atoms with van der Waals surface area (Å²) in [6.45, 7) is 5.65. The summed E-state index contributed by atoms with van der Waals surface area (Å²) in [5, 5.41) is 19.7. The van der Waals surface area contributed by atoms with Gasteiger partial charge in [-0.2, -0.15) is 5.10 Å². The molecule has 0 bridgehead atoms. The molecule has 2 unspecified atom stereocenters. The Bertz CT molecular complexity index is 1040. The van der Waals surface area contributed by atoms with Gasteiger partial charge in [0.25, 0.3) is 0 Å². The Hall–Kier alpha value is -2.98. The van der Waals surface area contributed by atoms with Gasteiger partial charge in [0.1, 0.15) is 17.3 Å². The normalized spacial score (nSPS) is 19.0. The van der Waals surface area contributed by atoms with Crippen LogP contribution in [0.3, 0.4) is 0 Å². The van der Waals surface area contributed by atoms with Gasteiger partial charge in [0.05, 0.1) is 10.6 Å². The third kappa shape index (κ3) is 4.29. The average Bonchev–Trinajstić information content (AvgIpc) is 3.41. The first kappa shape index (κ1) is 20.3. The Morgan fingerprint density at radius 2 is 2.27 bits per heavy atom. The lowest BCUT2D eigenvalue weighted by molar-refractivity contribution is -0.125. The zero-order chi connectivity index (χ0) is 21.3. The van der Waals surface area contributed by atoms with Crippen LogP contribution in [0.25, 0.3) is 10.6 Å². The van der Waals surface area contributed by atoms with Crippen molar-refractivity contribution in [2.45, 2.75) is 52.4 Å². The second-order valence-corrected chi connectivity index (χ2v) is 8.38. The van der Waals surface area contributed by atoms with Gasteiger partial charge < -0.3 is 15.2 Å². The van der Waals surface area contributed by atoms with Gasteiger partial charge in [-0.25, -0.2) is 4.68 Å². The molecule has 1 aliphatic rings. The Morgan fingerprint density at radius 1 is 1.43 bits per heavy atom. The van der Waals surface area contributed by atoms with Crippen LogP contribution >= 0.6 is 11.3 Å². The van der Waals surface area contributed by atoms with Gasteiger partial charge in [0.2, 0.25) is 11.8 Å². The van der Waals surface area contributed by atoms with Crippen LogP contribution in [0.4, 0.5) is 5.82 Å². The van der Waals surface area contributed by atoms with E-state index in [1.165, 1.54) is 0 Å². The minimum Gasteiger partial charge on any atom is -0.361 e.